The van der Waals surface area contributed by atoms with Crippen LogP contribution in [-0.4, -0.2) is 5.78 Å². The van der Waals surface area contributed by atoms with Crippen molar-refractivity contribution < 1.29 is 13.6 Å². The molecule has 0 saturated heterocycles. The Kier molecular flexibility index (Phi) is 2.38. The lowest BCUT2D eigenvalue weighted by atomic mass is 10.1. The predicted molar refractivity (Wildman–Crippen MR) is 58.6 cm³/mol. The maximum Gasteiger partial charge on any atom is 0.195 e. The van der Waals surface area contributed by atoms with E-state index in [1.54, 1.807) is 13.0 Å². The summed E-state index contributed by atoms with van der Waals surface area (Å²) in [6, 6.07) is 2.90. The Morgan fingerprint density at radius 3 is 2.73 bits per heavy atom. The Labute approximate surface area is 94.2 Å². The first-order valence-corrected chi connectivity index (χ1v) is 5.19. The Balaban J connectivity index is 2.83. The maximum atomic E-state index is 13.2. The molecule has 0 aliphatic heterocycles. The number of hydrogen-bond donors (Lipinski definition) is 0. The third-order valence-corrected chi connectivity index (χ3v) is 2.91. The second-order valence-electron chi connectivity index (χ2n) is 3.37. The van der Waals surface area contributed by atoms with Crippen LogP contribution in [0.1, 0.15) is 23.0 Å². The molecule has 0 radical (unpaired) electrons. The van der Waals surface area contributed by atoms with Crippen molar-refractivity contribution in [3.63, 3.8) is 0 Å². The molecule has 0 aliphatic rings. The summed E-state index contributed by atoms with van der Waals surface area (Å²) in [5.41, 5.74) is 1.15. The van der Waals surface area contributed by atoms with Gasteiger partial charge in [-0.25, -0.2) is 4.39 Å². The highest BCUT2D eigenvalue weighted by Gasteiger charge is 2.15. The zero-order valence-corrected chi connectivity index (χ0v) is 9.81. The van der Waals surface area contributed by atoms with E-state index in [9.17, 15) is 9.18 Å². The number of Topliss-reactive ketones (excluding diaryl/α,β-unsaturated/α-hetero) is 1. The summed E-state index contributed by atoms with van der Waals surface area (Å²) in [5.74, 6) is -0.255. The van der Waals surface area contributed by atoms with Crippen molar-refractivity contribution >= 4 is 32.7 Å². The Morgan fingerprint density at radius 1 is 1.47 bits per heavy atom. The first-order chi connectivity index (χ1) is 7.00. The van der Waals surface area contributed by atoms with Crippen molar-refractivity contribution in [2.45, 2.75) is 13.8 Å². The Hall–Kier alpha value is -1.16. The number of carbonyl (C=O) groups is 1. The van der Waals surface area contributed by atoms with Crippen molar-refractivity contribution in [2.24, 2.45) is 0 Å². The van der Waals surface area contributed by atoms with Crippen LogP contribution in [0, 0.1) is 12.7 Å². The van der Waals surface area contributed by atoms with Gasteiger partial charge in [-0.2, -0.15) is 0 Å². The number of ketones is 1. The fraction of sp³-hybridized carbons (Fsp3) is 0.182. The zero-order chi connectivity index (χ0) is 11.2. The second-order valence-corrected chi connectivity index (χ2v) is 4.23. The molecule has 0 amide bonds. The van der Waals surface area contributed by atoms with Crippen molar-refractivity contribution in [2.75, 3.05) is 0 Å². The molecular weight excluding hydrogens is 263 g/mol. The molecule has 2 rings (SSSR count). The van der Waals surface area contributed by atoms with Crippen LogP contribution in [0.4, 0.5) is 4.39 Å². The largest absolute Gasteiger partial charge is 0.453 e. The van der Waals surface area contributed by atoms with Crippen LogP contribution in [0.15, 0.2) is 21.0 Å². The minimum Gasteiger partial charge on any atom is -0.453 e. The van der Waals surface area contributed by atoms with E-state index >= 15 is 0 Å². The molecule has 0 N–H and O–H groups in total. The van der Waals surface area contributed by atoms with Gasteiger partial charge in [0.15, 0.2) is 11.5 Å². The van der Waals surface area contributed by atoms with E-state index < -0.39 is 5.82 Å². The van der Waals surface area contributed by atoms with Gasteiger partial charge in [-0.1, -0.05) is 0 Å². The first kappa shape index (κ1) is 10.4. The van der Waals surface area contributed by atoms with Gasteiger partial charge < -0.3 is 4.42 Å². The molecule has 0 bridgehead atoms. The van der Waals surface area contributed by atoms with E-state index in [0.717, 1.165) is 10.9 Å². The van der Waals surface area contributed by atoms with Crippen LogP contribution in [0.5, 0.6) is 0 Å². The maximum absolute atomic E-state index is 13.2. The number of furan rings is 1. The highest BCUT2D eigenvalue weighted by atomic mass is 79.9. The van der Waals surface area contributed by atoms with E-state index in [1.807, 2.05) is 0 Å². The SMILES string of the molecule is CC(=O)c1oc2cc(F)c(Br)cc2c1C. The average molecular weight is 271 g/mol. The van der Waals surface area contributed by atoms with Crippen LogP contribution in [0.3, 0.4) is 0 Å². The van der Waals surface area contributed by atoms with Gasteiger partial charge in [0.05, 0.1) is 4.47 Å². The minimum atomic E-state index is -0.397. The van der Waals surface area contributed by atoms with E-state index in [1.165, 1.54) is 13.0 Å². The van der Waals surface area contributed by atoms with Gasteiger partial charge in [0.1, 0.15) is 11.4 Å². The number of hydrogen-bond acceptors (Lipinski definition) is 2. The second kappa shape index (κ2) is 3.45. The van der Waals surface area contributed by atoms with Gasteiger partial charge in [-0.3, -0.25) is 4.79 Å². The molecule has 2 aromatic rings. The van der Waals surface area contributed by atoms with Crippen LogP contribution in [0.2, 0.25) is 0 Å². The lowest BCUT2D eigenvalue weighted by Crippen LogP contribution is -1.90. The molecule has 2 nitrogen and oxygen atoms in total. The number of aryl methyl sites for hydroxylation is 1. The molecular formula is C11H8BrFO2. The summed E-state index contributed by atoms with van der Waals surface area (Å²) in [6.07, 6.45) is 0. The molecule has 1 aromatic carbocycles. The van der Waals surface area contributed by atoms with Crippen LogP contribution in [0.25, 0.3) is 11.0 Å². The van der Waals surface area contributed by atoms with Gasteiger partial charge in [0, 0.05) is 23.9 Å². The van der Waals surface area contributed by atoms with Gasteiger partial charge in [-0.15, -0.1) is 0 Å². The van der Waals surface area contributed by atoms with E-state index in [0.29, 0.717) is 15.8 Å². The fourth-order valence-corrected chi connectivity index (χ4v) is 1.89. The highest BCUT2D eigenvalue weighted by Crippen LogP contribution is 2.30. The lowest BCUT2D eigenvalue weighted by molar-refractivity contribution is 0.0988. The highest BCUT2D eigenvalue weighted by molar-refractivity contribution is 9.10. The topological polar surface area (TPSA) is 30.2 Å². The molecule has 0 spiro atoms. The molecule has 0 unspecified atom stereocenters. The van der Waals surface area contributed by atoms with Gasteiger partial charge in [0.25, 0.3) is 0 Å². The molecule has 0 fully saturated rings. The average Bonchev–Trinajstić information content (AvgIpc) is 2.46. The van der Waals surface area contributed by atoms with Gasteiger partial charge >= 0.3 is 0 Å². The summed E-state index contributed by atoms with van der Waals surface area (Å²) < 4.78 is 18.9. The molecule has 15 heavy (non-hydrogen) atoms. The summed E-state index contributed by atoms with van der Waals surface area (Å²) in [5, 5.41) is 0.758. The van der Waals surface area contributed by atoms with E-state index in [2.05, 4.69) is 15.9 Å². The number of carbonyl (C=O) groups excluding carboxylic acids is 1. The monoisotopic (exact) mass is 270 g/mol. The normalized spacial score (nSPS) is 10.9. The van der Waals surface area contributed by atoms with Crippen LogP contribution in [-0.2, 0) is 0 Å². The number of benzene rings is 1. The third-order valence-electron chi connectivity index (χ3n) is 2.30. The quantitative estimate of drug-likeness (QED) is 0.737. The molecule has 1 aromatic heterocycles. The summed E-state index contributed by atoms with van der Waals surface area (Å²) in [4.78, 5) is 11.2. The van der Waals surface area contributed by atoms with Crippen molar-refractivity contribution in [1.82, 2.24) is 0 Å². The molecule has 4 heteroatoms. The van der Waals surface area contributed by atoms with Crippen LogP contribution >= 0.6 is 15.9 Å². The molecule has 0 aliphatic carbocycles. The van der Waals surface area contributed by atoms with Crippen LogP contribution < -0.4 is 0 Å². The molecule has 0 saturated carbocycles. The van der Waals surface area contributed by atoms with Crippen molar-refractivity contribution in [3.05, 3.63) is 33.7 Å². The van der Waals surface area contributed by atoms with Crippen molar-refractivity contribution in [3.8, 4) is 0 Å². The van der Waals surface area contributed by atoms with E-state index in [4.69, 9.17) is 4.42 Å². The van der Waals surface area contributed by atoms with Gasteiger partial charge in [-0.05, 0) is 28.9 Å². The summed E-state index contributed by atoms with van der Waals surface area (Å²) in [7, 11) is 0. The third kappa shape index (κ3) is 1.59. The smallest absolute Gasteiger partial charge is 0.195 e. The first-order valence-electron chi connectivity index (χ1n) is 4.40. The number of halogens is 2. The fourth-order valence-electron chi connectivity index (χ4n) is 1.55. The number of rotatable bonds is 1. The number of fused-ring (bicyclic) bond motifs is 1. The Bertz CT molecular complexity index is 557. The zero-order valence-electron chi connectivity index (χ0n) is 8.23. The predicted octanol–water partition coefficient (Wildman–Crippen LogP) is 3.85. The lowest BCUT2D eigenvalue weighted by Gasteiger charge is -1.93. The minimum absolute atomic E-state index is 0.153. The Morgan fingerprint density at radius 2 is 2.13 bits per heavy atom. The van der Waals surface area contributed by atoms with Gasteiger partial charge in [0.2, 0.25) is 0 Å². The summed E-state index contributed by atoms with van der Waals surface area (Å²) >= 11 is 3.10. The summed E-state index contributed by atoms with van der Waals surface area (Å²) in [6.45, 7) is 3.21. The van der Waals surface area contributed by atoms with E-state index in [-0.39, 0.29) is 5.78 Å². The van der Waals surface area contributed by atoms with Crippen molar-refractivity contribution in [1.29, 1.82) is 0 Å². The molecule has 78 valence electrons. The molecule has 0 atom stereocenters. The molecule has 1 heterocycles. The standard InChI is InChI=1S/C11H8BrFO2/c1-5-7-3-8(12)9(13)4-10(7)15-11(5)6(2)14/h3-4H,1-2H3.